The van der Waals surface area contributed by atoms with Crippen molar-refractivity contribution in [2.45, 2.75) is 33.3 Å². The summed E-state index contributed by atoms with van der Waals surface area (Å²) in [5.74, 6) is 0. The molecule has 0 saturated heterocycles. The summed E-state index contributed by atoms with van der Waals surface area (Å²) in [5.41, 5.74) is 0. The minimum absolute atomic E-state index is 0.344. The van der Waals surface area contributed by atoms with Gasteiger partial charge in [-0.05, 0) is 27.2 Å². The Labute approximate surface area is 63.5 Å². The second kappa shape index (κ2) is 7.03. The minimum atomic E-state index is 0.344. The van der Waals surface area contributed by atoms with Crippen LogP contribution in [-0.2, 0) is 9.47 Å². The maximum absolute atomic E-state index is 5.31. The van der Waals surface area contributed by atoms with E-state index < -0.39 is 0 Å². The highest BCUT2D eigenvalue weighted by Gasteiger charge is 1.98. The lowest BCUT2D eigenvalue weighted by Crippen LogP contribution is -2.11. The first kappa shape index (κ1) is 9.92. The van der Waals surface area contributed by atoms with Gasteiger partial charge in [-0.15, -0.1) is 0 Å². The zero-order valence-electron chi connectivity index (χ0n) is 7.22. The van der Waals surface area contributed by atoms with Crippen LogP contribution in [0.3, 0.4) is 0 Å². The van der Waals surface area contributed by atoms with Crippen molar-refractivity contribution in [3.05, 3.63) is 0 Å². The smallest absolute Gasteiger partial charge is 0.0568 e. The molecule has 0 fully saturated rings. The summed E-state index contributed by atoms with van der Waals surface area (Å²) in [6.07, 6.45) is 1.35. The van der Waals surface area contributed by atoms with Crippen LogP contribution in [0.2, 0.25) is 0 Å². The molecular formula is C8H18O2. The van der Waals surface area contributed by atoms with E-state index in [9.17, 15) is 0 Å². The highest BCUT2D eigenvalue weighted by atomic mass is 16.5. The Hall–Kier alpha value is -0.0800. The van der Waals surface area contributed by atoms with Gasteiger partial charge in [0, 0.05) is 19.8 Å². The molecule has 0 saturated carbocycles. The van der Waals surface area contributed by atoms with Crippen LogP contribution < -0.4 is 0 Å². The van der Waals surface area contributed by atoms with Crippen LogP contribution in [-0.4, -0.2) is 25.9 Å². The molecule has 0 aliphatic rings. The lowest BCUT2D eigenvalue weighted by molar-refractivity contribution is 0.0408. The summed E-state index contributed by atoms with van der Waals surface area (Å²) in [7, 11) is 0. The Morgan fingerprint density at radius 3 is 2.40 bits per heavy atom. The molecule has 2 heteroatoms. The van der Waals surface area contributed by atoms with Crippen LogP contribution >= 0.6 is 0 Å². The number of hydrogen-bond acceptors (Lipinski definition) is 2. The van der Waals surface area contributed by atoms with E-state index in [-0.39, 0.29) is 0 Å². The minimum Gasteiger partial charge on any atom is -0.382 e. The molecule has 0 amide bonds. The van der Waals surface area contributed by atoms with Gasteiger partial charge in [0.2, 0.25) is 0 Å². The molecule has 0 N–H and O–H groups in total. The molecular weight excluding hydrogens is 128 g/mol. The molecule has 62 valence electrons. The molecule has 1 atom stereocenters. The van der Waals surface area contributed by atoms with Gasteiger partial charge in [0.05, 0.1) is 6.10 Å². The van der Waals surface area contributed by atoms with Crippen molar-refractivity contribution in [1.29, 1.82) is 0 Å². The van der Waals surface area contributed by atoms with Crippen molar-refractivity contribution < 1.29 is 9.47 Å². The van der Waals surface area contributed by atoms with Crippen LogP contribution in [0.25, 0.3) is 0 Å². The van der Waals surface area contributed by atoms with Gasteiger partial charge in [0.15, 0.2) is 0 Å². The maximum atomic E-state index is 5.31. The van der Waals surface area contributed by atoms with E-state index in [1.807, 2.05) is 13.8 Å². The second-order valence-electron chi connectivity index (χ2n) is 2.25. The summed E-state index contributed by atoms with van der Waals surface area (Å²) >= 11 is 0. The Balaban J connectivity index is 2.97. The molecule has 2 nitrogen and oxygen atoms in total. The second-order valence-corrected chi connectivity index (χ2v) is 2.25. The normalized spacial score (nSPS) is 13.5. The Kier molecular flexibility index (Phi) is 6.98. The fourth-order valence-corrected chi connectivity index (χ4v) is 0.761. The van der Waals surface area contributed by atoms with Gasteiger partial charge < -0.3 is 9.47 Å². The molecule has 0 aromatic rings. The number of rotatable bonds is 6. The molecule has 10 heavy (non-hydrogen) atoms. The molecule has 0 aromatic heterocycles. The summed E-state index contributed by atoms with van der Waals surface area (Å²) < 4.78 is 10.5. The summed E-state index contributed by atoms with van der Waals surface area (Å²) in [4.78, 5) is 0. The molecule has 0 radical (unpaired) electrons. The summed E-state index contributed by atoms with van der Waals surface area (Å²) in [5, 5.41) is 0. The van der Waals surface area contributed by atoms with Crippen molar-refractivity contribution in [3.8, 4) is 0 Å². The first-order valence-electron chi connectivity index (χ1n) is 4.00. The monoisotopic (exact) mass is 146 g/mol. The lowest BCUT2D eigenvalue weighted by Gasteiger charge is -2.10. The molecule has 0 aromatic carbocycles. The van der Waals surface area contributed by atoms with E-state index >= 15 is 0 Å². The van der Waals surface area contributed by atoms with E-state index in [1.54, 1.807) is 0 Å². The fraction of sp³-hybridized carbons (Fsp3) is 1.00. The van der Waals surface area contributed by atoms with Gasteiger partial charge in [-0.3, -0.25) is 0 Å². The van der Waals surface area contributed by atoms with E-state index in [4.69, 9.17) is 9.47 Å². The van der Waals surface area contributed by atoms with Gasteiger partial charge >= 0.3 is 0 Å². The molecule has 1 unspecified atom stereocenters. The molecule has 0 heterocycles. The zero-order chi connectivity index (χ0) is 7.82. The van der Waals surface area contributed by atoms with Gasteiger partial charge in [-0.2, -0.15) is 0 Å². The first-order chi connectivity index (χ1) is 4.81. The van der Waals surface area contributed by atoms with E-state index in [2.05, 4.69) is 6.92 Å². The maximum Gasteiger partial charge on any atom is 0.0568 e. The molecule has 0 spiro atoms. The zero-order valence-corrected chi connectivity index (χ0v) is 7.22. The van der Waals surface area contributed by atoms with Gasteiger partial charge in [0.25, 0.3) is 0 Å². The Morgan fingerprint density at radius 1 is 1.20 bits per heavy atom. The Morgan fingerprint density at radius 2 is 1.90 bits per heavy atom. The average Bonchev–Trinajstić information content (AvgIpc) is 1.89. The highest BCUT2D eigenvalue weighted by Crippen LogP contribution is 1.96. The number of hydrogen-bond donors (Lipinski definition) is 0. The molecule has 0 bridgehead atoms. The lowest BCUT2D eigenvalue weighted by atomic mass is 10.3. The third-order valence-corrected chi connectivity index (χ3v) is 1.32. The molecule has 0 aliphatic heterocycles. The third kappa shape index (κ3) is 6.05. The van der Waals surface area contributed by atoms with Crippen LogP contribution in [0, 0.1) is 0 Å². The standard InChI is InChI=1S/C8H18O2/c1-4-9-7-6-8(3)10-5-2/h8H,4-7H2,1-3H3. The van der Waals surface area contributed by atoms with Crippen LogP contribution in [0.4, 0.5) is 0 Å². The topological polar surface area (TPSA) is 18.5 Å². The van der Waals surface area contributed by atoms with Gasteiger partial charge in [-0.25, -0.2) is 0 Å². The number of ether oxygens (including phenoxy) is 2. The van der Waals surface area contributed by atoms with E-state index in [1.165, 1.54) is 0 Å². The van der Waals surface area contributed by atoms with Gasteiger partial charge in [0.1, 0.15) is 0 Å². The first-order valence-corrected chi connectivity index (χ1v) is 4.00. The SMILES string of the molecule is CCOCCC(C)OCC. The largest absolute Gasteiger partial charge is 0.382 e. The quantitative estimate of drug-likeness (QED) is 0.532. The van der Waals surface area contributed by atoms with Crippen molar-refractivity contribution in [3.63, 3.8) is 0 Å². The van der Waals surface area contributed by atoms with E-state index in [0.29, 0.717) is 6.10 Å². The Bertz CT molecular complexity index is 64.3. The summed E-state index contributed by atoms with van der Waals surface area (Å²) in [6, 6.07) is 0. The van der Waals surface area contributed by atoms with Gasteiger partial charge in [-0.1, -0.05) is 0 Å². The average molecular weight is 146 g/mol. The van der Waals surface area contributed by atoms with Crippen molar-refractivity contribution >= 4 is 0 Å². The van der Waals surface area contributed by atoms with Crippen LogP contribution in [0.1, 0.15) is 27.2 Å². The van der Waals surface area contributed by atoms with Crippen molar-refractivity contribution in [2.24, 2.45) is 0 Å². The molecule has 0 aliphatic carbocycles. The van der Waals surface area contributed by atoms with Crippen molar-refractivity contribution in [2.75, 3.05) is 19.8 Å². The van der Waals surface area contributed by atoms with Crippen LogP contribution in [0.5, 0.6) is 0 Å². The fourth-order valence-electron chi connectivity index (χ4n) is 0.761. The molecule has 0 rings (SSSR count). The van der Waals surface area contributed by atoms with Crippen LogP contribution in [0.15, 0.2) is 0 Å². The summed E-state index contributed by atoms with van der Waals surface area (Å²) in [6.45, 7) is 8.51. The predicted octanol–water partition coefficient (Wildman–Crippen LogP) is 1.84. The highest BCUT2D eigenvalue weighted by molar-refractivity contribution is 4.47. The van der Waals surface area contributed by atoms with E-state index in [0.717, 1.165) is 26.2 Å². The predicted molar refractivity (Wildman–Crippen MR) is 42.2 cm³/mol. The third-order valence-electron chi connectivity index (χ3n) is 1.32. The van der Waals surface area contributed by atoms with Crippen molar-refractivity contribution in [1.82, 2.24) is 0 Å².